The highest BCUT2D eigenvalue weighted by atomic mass is 16.7. The zero-order valence-corrected chi connectivity index (χ0v) is 9.95. The van der Waals surface area contributed by atoms with Crippen LogP contribution in [0.5, 0.6) is 0 Å². The molecule has 0 N–H and O–H groups in total. The molecule has 18 heavy (non-hydrogen) atoms. The molecule has 0 atom stereocenters. The van der Waals surface area contributed by atoms with E-state index in [0.717, 1.165) is 11.3 Å². The molecule has 0 aliphatic heterocycles. The van der Waals surface area contributed by atoms with Gasteiger partial charge in [-0.15, -0.1) is 0 Å². The molecule has 5 nitrogen and oxygen atoms in total. The first-order chi connectivity index (χ1) is 8.66. The maximum Gasteiger partial charge on any atom is 0.269 e. The Morgan fingerprint density at radius 1 is 1.28 bits per heavy atom. The van der Waals surface area contributed by atoms with Gasteiger partial charge in [-0.25, -0.2) is 0 Å². The number of hydrogen-bond donors (Lipinski definition) is 0. The first kappa shape index (κ1) is 12.0. The molecule has 0 bridgehead atoms. The fourth-order valence-corrected chi connectivity index (χ4v) is 1.56. The lowest BCUT2D eigenvalue weighted by Gasteiger charge is -2.01. The van der Waals surface area contributed by atoms with Crippen molar-refractivity contribution < 1.29 is 14.5 Å². The van der Waals surface area contributed by atoms with E-state index >= 15 is 0 Å². The Hall–Kier alpha value is -2.43. The van der Waals surface area contributed by atoms with Gasteiger partial charge in [-0.05, 0) is 6.07 Å². The van der Waals surface area contributed by atoms with E-state index in [1.54, 1.807) is 23.1 Å². The summed E-state index contributed by atoms with van der Waals surface area (Å²) in [5.74, 6) is 0. The van der Waals surface area contributed by atoms with Gasteiger partial charge in [-0.2, -0.15) is 0 Å². The Morgan fingerprint density at radius 2 is 2.11 bits per heavy atom. The van der Waals surface area contributed by atoms with Crippen LogP contribution in [0.1, 0.15) is 11.3 Å². The second kappa shape index (κ2) is 5.27. The van der Waals surface area contributed by atoms with Crippen LogP contribution in [0.15, 0.2) is 48.7 Å². The predicted molar refractivity (Wildman–Crippen MR) is 64.8 cm³/mol. The molecule has 0 radical (unpaired) electrons. The van der Waals surface area contributed by atoms with Crippen molar-refractivity contribution in [1.82, 2.24) is 0 Å². The number of aryl methyl sites for hydroxylation is 1. The molecular formula is C13H13N2O3+. The van der Waals surface area contributed by atoms with Gasteiger partial charge < -0.3 is 0 Å². The average Bonchev–Trinajstić information content (AvgIpc) is 2.38. The first-order valence-electron chi connectivity index (χ1n) is 5.51. The molecule has 1 heterocycles. The minimum absolute atomic E-state index is 0.0749. The van der Waals surface area contributed by atoms with Crippen molar-refractivity contribution in [3.63, 3.8) is 0 Å². The van der Waals surface area contributed by atoms with Gasteiger partial charge in [0.2, 0.25) is 11.9 Å². The predicted octanol–water partition coefficient (Wildman–Crippen LogP) is 1.82. The van der Waals surface area contributed by atoms with Crippen molar-refractivity contribution in [3.05, 3.63) is 70.0 Å². The molecule has 92 valence electrons. The van der Waals surface area contributed by atoms with Gasteiger partial charge in [0.15, 0.2) is 6.61 Å². The topological polar surface area (TPSA) is 56.2 Å². The fourth-order valence-electron chi connectivity index (χ4n) is 1.56. The number of non-ortho nitro benzene ring substituents is 1. The lowest BCUT2D eigenvalue weighted by molar-refractivity contribution is -0.899. The SMILES string of the molecule is Cc1cccc[n+]1OCc1cccc([N+](=O)[O-])c1. The van der Waals surface area contributed by atoms with Crippen molar-refractivity contribution in [2.45, 2.75) is 13.5 Å². The van der Waals surface area contributed by atoms with Gasteiger partial charge in [-0.3, -0.25) is 15.0 Å². The molecule has 0 aliphatic rings. The Morgan fingerprint density at radius 3 is 2.83 bits per heavy atom. The van der Waals surface area contributed by atoms with Gasteiger partial charge in [0.05, 0.1) is 4.92 Å². The molecule has 0 saturated heterocycles. The molecule has 2 aromatic rings. The minimum Gasteiger partial charge on any atom is -0.266 e. The van der Waals surface area contributed by atoms with Gasteiger partial charge in [0.1, 0.15) is 0 Å². The van der Waals surface area contributed by atoms with Crippen LogP contribution in [-0.4, -0.2) is 4.92 Å². The fraction of sp³-hybridized carbons (Fsp3) is 0.154. The third-order valence-electron chi connectivity index (χ3n) is 2.51. The molecule has 0 saturated carbocycles. The van der Waals surface area contributed by atoms with Crippen LogP contribution < -0.4 is 9.57 Å². The highest BCUT2D eigenvalue weighted by Crippen LogP contribution is 2.12. The summed E-state index contributed by atoms with van der Waals surface area (Å²) in [6.07, 6.45) is 1.80. The number of nitrogens with zero attached hydrogens (tertiary/aromatic N) is 2. The second-order valence-electron chi connectivity index (χ2n) is 3.87. The summed E-state index contributed by atoms with van der Waals surface area (Å²) >= 11 is 0. The van der Waals surface area contributed by atoms with Crippen LogP contribution in [0.4, 0.5) is 5.69 Å². The number of rotatable bonds is 4. The zero-order chi connectivity index (χ0) is 13.0. The molecule has 1 aromatic carbocycles. The van der Waals surface area contributed by atoms with Gasteiger partial charge >= 0.3 is 0 Å². The van der Waals surface area contributed by atoms with Gasteiger partial charge in [0.25, 0.3) is 5.69 Å². The Labute approximate surface area is 104 Å². The molecule has 0 unspecified atom stereocenters. The molecular weight excluding hydrogens is 232 g/mol. The first-order valence-corrected chi connectivity index (χ1v) is 5.51. The van der Waals surface area contributed by atoms with Crippen LogP contribution in [-0.2, 0) is 6.61 Å². The third-order valence-corrected chi connectivity index (χ3v) is 2.51. The molecule has 0 amide bonds. The highest BCUT2D eigenvalue weighted by Gasteiger charge is 2.09. The standard InChI is InChI=1S/C13H13N2O3/c1-11-5-2-3-8-14(11)18-10-12-6-4-7-13(9-12)15(16)17/h2-9H,10H2,1H3/q+1. The summed E-state index contributed by atoms with van der Waals surface area (Å²) in [5, 5.41) is 10.6. The van der Waals surface area contributed by atoms with Crippen LogP contribution in [0, 0.1) is 17.0 Å². The minimum atomic E-state index is -0.412. The average molecular weight is 245 g/mol. The van der Waals surface area contributed by atoms with E-state index in [9.17, 15) is 10.1 Å². The van der Waals surface area contributed by atoms with Crippen LogP contribution in [0.2, 0.25) is 0 Å². The van der Waals surface area contributed by atoms with Gasteiger partial charge in [-0.1, -0.05) is 12.1 Å². The van der Waals surface area contributed by atoms with E-state index in [-0.39, 0.29) is 12.3 Å². The number of hydrogen-bond acceptors (Lipinski definition) is 3. The zero-order valence-electron chi connectivity index (χ0n) is 9.95. The quantitative estimate of drug-likeness (QED) is 0.469. The van der Waals surface area contributed by atoms with E-state index in [1.165, 1.54) is 12.1 Å². The Balaban J connectivity index is 2.09. The number of benzene rings is 1. The van der Waals surface area contributed by atoms with Crippen molar-refractivity contribution in [1.29, 1.82) is 0 Å². The van der Waals surface area contributed by atoms with Crippen molar-refractivity contribution >= 4 is 5.69 Å². The highest BCUT2D eigenvalue weighted by molar-refractivity contribution is 5.33. The normalized spacial score (nSPS) is 10.1. The summed E-state index contributed by atoms with van der Waals surface area (Å²) in [5.41, 5.74) is 1.80. The largest absolute Gasteiger partial charge is 0.269 e. The monoisotopic (exact) mass is 245 g/mol. The molecule has 2 rings (SSSR count). The van der Waals surface area contributed by atoms with Crippen LogP contribution in [0.3, 0.4) is 0 Å². The number of nitro groups is 1. The maximum atomic E-state index is 10.6. The molecule has 0 aliphatic carbocycles. The number of pyridine rings is 1. The summed E-state index contributed by atoms with van der Waals surface area (Å²) < 4.78 is 1.64. The maximum absolute atomic E-state index is 10.6. The number of nitro benzene ring substituents is 1. The van der Waals surface area contributed by atoms with E-state index in [0.29, 0.717) is 0 Å². The lowest BCUT2D eigenvalue weighted by atomic mass is 10.2. The summed E-state index contributed by atoms with van der Waals surface area (Å²) in [6.45, 7) is 2.21. The van der Waals surface area contributed by atoms with Gasteiger partial charge in [0, 0.05) is 41.5 Å². The molecule has 1 aromatic heterocycles. The summed E-state index contributed by atoms with van der Waals surface area (Å²) in [6, 6.07) is 12.1. The van der Waals surface area contributed by atoms with E-state index in [2.05, 4.69) is 0 Å². The Kier molecular flexibility index (Phi) is 3.52. The van der Waals surface area contributed by atoms with Crippen molar-refractivity contribution in [2.75, 3.05) is 0 Å². The molecule has 5 heteroatoms. The molecule has 0 spiro atoms. The second-order valence-corrected chi connectivity index (χ2v) is 3.87. The van der Waals surface area contributed by atoms with E-state index in [4.69, 9.17) is 4.84 Å². The van der Waals surface area contributed by atoms with Crippen LogP contribution >= 0.6 is 0 Å². The summed E-state index contributed by atoms with van der Waals surface area (Å²) in [4.78, 5) is 15.8. The van der Waals surface area contributed by atoms with Crippen molar-refractivity contribution in [2.24, 2.45) is 0 Å². The van der Waals surface area contributed by atoms with Crippen LogP contribution in [0.25, 0.3) is 0 Å². The van der Waals surface area contributed by atoms with E-state index in [1.807, 2.05) is 25.1 Å². The lowest BCUT2D eigenvalue weighted by Crippen LogP contribution is -2.44. The van der Waals surface area contributed by atoms with E-state index < -0.39 is 4.92 Å². The molecule has 0 fully saturated rings. The van der Waals surface area contributed by atoms with Crippen molar-refractivity contribution in [3.8, 4) is 0 Å². The Bertz CT molecular complexity index is 570. The smallest absolute Gasteiger partial charge is 0.266 e. The summed E-state index contributed by atoms with van der Waals surface area (Å²) in [7, 11) is 0. The third kappa shape index (κ3) is 2.82. The number of aromatic nitrogens is 1.